The maximum Gasteiger partial charge on any atom is 0.357 e. The normalized spacial score (nSPS) is 28.9. The lowest BCUT2D eigenvalue weighted by Crippen LogP contribution is -2.48. The average Bonchev–Trinajstić information content (AvgIpc) is 2.70. The number of nitro groups is 1. The Hall–Kier alpha value is -3.16. The van der Waals surface area contributed by atoms with E-state index in [1.165, 1.54) is 50.2 Å². The van der Waals surface area contributed by atoms with E-state index >= 15 is 0 Å². The Kier molecular flexibility index (Phi) is 4.60. The molecular weight excluding hydrogens is 398 g/mol. The van der Waals surface area contributed by atoms with Crippen molar-refractivity contribution in [2.24, 2.45) is 17.8 Å². The van der Waals surface area contributed by atoms with Crippen LogP contribution in [0.1, 0.15) is 55.3 Å². The molecule has 6 rings (SSSR count). The summed E-state index contributed by atoms with van der Waals surface area (Å²) in [6, 6.07) is 6.21. The summed E-state index contributed by atoms with van der Waals surface area (Å²) < 4.78 is 5.51. The highest BCUT2D eigenvalue weighted by Crippen LogP contribution is 2.60. The van der Waals surface area contributed by atoms with Crippen molar-refractivity contribution < 1.29 is 9.66 Å². The Labute approximate surface area is 178 Å². The summed E-state index contributed by atoms with van der Waals surface area (Å²) in [4.78, 5) is 38.3. The highest BCUT2D eigenvalue weighted by molar-refractivity contribution is 5.74. The first-order chi connectivity index (χ1) is 14.9. The van der Waals surface area contributed by atoms with Crippen LogP contribution in [0.5, 0.6) is 5.75 Å². The third kappa shape index (κ3) is 3.40. The summed E-state index contributed by atoms with van der Waals surface area (Å²) in [6.45, 7) is 0. The standard InChI is InChI=1S/C23H25N3O5/c1-31-19-5-3-17(23-10-13-6-14(11-23)8-15(7-13)12-23)9-16(19)2-4-18-20(26(29)30)21(27)25-22(28)24-18/h2-5,9,13-15H,6-8,10-12H2,1H3,(H2,24,25,27,28)/b4-2-. The molecule has 0 spiro atoms. The van der Waals surface area contributed by atoms with Gasteiger partial charge >= 0.3 is 16.9 Å². The molecule has 0 atom stereocenters. The molecule has 4 fully saturated rings. The van der Waals surface area contributed by atoms with Gasteiger partial charge in [-0.05, 0) is 91.5 Å². The largest absolute Gasteiger partial charge is 0.496 e. The van der Waals surface area contributed by atoms with Crippen LogP contribution in [0, 0.1) is 27.9 Å². The van der Waals surface area contributed by atoms with Gasteiger partial charge in [0.05, 0.1) is 12.0 Å². The van der Waals surface area contributed by atoms with Gasteiger partial charge in [-0.3, -0.25) is 19.9 Å². The lowest BCUT2D eigenvalue weighted by atomic mass is 9.48. The minimum atomic E-state index is -1.03. The predicted molar refractivity (Wildman–Crippen MR) is 116 cm³/mol. The first kappa shape index (κ1) is 19.8. The van der Waals surface area contributed by atoms with Crippen molar-refractivity contribution in [3.05, 3.63) is 66.0 Å². The van der Waals surface area contributed by atoms with Crippen LogP contribution >= 0.6 is 0 Å². The second-order valence-corrected chi connectivity index (χ2v) is 9.42. The SMILES string of the molecule is COc1ccc(C23CC4CC(CC(C4)C2)C3)cc1/C=C\c1[nH]c(=O)[nH]c(=O)c1[N+](=O)[O-]. The van der Waals surface area contributed by atoms with Gasteiger partial charge in [-0.25, -0.2) is 4.79 Å². The van der Waals surface area contributed by atoms with Crippen molar-refractivity contribution in [2.45, 2.75) is 43.9 Å². The maximum absolute atomic E-state index is 11.9. The highest BCUT2D eigenvalue weighted by atomic mass is 16.6. The number of aromatic nitrogens is 2. The van der Waals surface area contributed by atoms with E-state index in [1.807, 2.05) is 11.1 Å². The number of methoxy groups -OCH3 is 1. The molecule has 4 bridgehead atoms. The minimum absolute atomic E-state index is 0.138. The van der Waals surface area contributed by atoms with Crippen LogP contribution in [0.3, 0.4) is 0 Å². The molecule has 4 saturated carbocycles. The Morgan fingerprint density at radius 3 is 2.29 bits per heavy atom. The van der Waals surface area contributed by atoms with E-state index in [2.05, 4.69) is 17.1 Å². The predicted octanol–water partition coefficient (Wildman–Crippen LogP) is 3.62. The number of hydrogen-bond acceptors (Lipinski definition) is 5. The zero-order valence-electron chi connectivity index (χ0n) is 17.3. The average molecular weight is 423 g/mol. The summed E-state index contributed by atoms with van der Waals surface area (Å²) in [6.07, 6.45) is 10.8. The molecule has 0 saturated heterocycles. The van der Waals surface area contributed by atoms with Crippen molar-refractivity contribution >= 4 is 17.8 Å². The van der Waals surface area contributed by atoms with E-state index in [0.717, 1.165) is 23.3 Å². The Morgan fingerprint density at radius 1 is 1.06 bits per heavy atom. The van der Waals surface area contributed by atoms with Gasteiger partial charge < -0.3 is 9.72 Å². The van der Waals surface area contributed by atoms with Gasteiger partial charge in [0.2, 0.25) is 0 Å². The lowest BCUT2D eigenvalue weighted by molar-refractivity contribution is -0.386. The summed E-state index contributed by atoms with van der Waals surface area (Å²) in [5, 5.41) is 11.3. The van der Waals surface area contributed by atoms with Gasteiger partial charge in [0.25, 0.3) is 0 Å². The van der Waals surface area contributed by atoms with Gasteiger partial charge in [-0.1, -0.05) is 6.07 Å². The van der Waals surface area contributed by atoms with Crippen LogP contribution in [0.25, 0.3) is 12.2 Å². The Balaban J connectivity index is 1.55. The third-order valence-electron chi connectivity index (χ3n) is 7.44. The molecule has 31 heavy (non-hydrogen) atoms. The van der Waals surface area contributed by atoms with E-state index in [9.17, 15) is 19.7 Å². The number of rotatable bonds is 5. The number of aromatic amines is 2. The fraction of sp³-hybridized carbons (Fsp3) is 0.478. The Morgan fingerprint density at radius 2 is 1.71 bits per heavy atom. The maximum atomic E-state index is 11.9. The molecule has 8 heteroatoms. The molecule has 4 aliphatic carbocycles. The van der Waals surface area contributed by atoms with Crippen molar-refractivity contribution in [3.63, 3.8) is 0 Å². The van der Waals surface area contributed by atoms with Crippen LogP contribution in [0.2, 0.25) is 0 Å². The van der Waals surface area contributed by atoms with Crippen LogP contribution in [-0.4, -0.2) is 22.0 Å². The quantitative estimate of drug-likeness (QED) is 0.562. The number of H-pyrrole nitrogens is 2. The number of benzene rings is 1. The van der Waals surface area contributed by atoms with Crippen molar-refractivity contribution in [3.8, 4) is 5.75 Å². The minimum Gasteiger partial charge on any atom is -0.496 e. The molecule has 0 aliphatic heterocycles. The molecule has 8 nitrogen and oxygen atoms in total. The summed E-state index contributed by atoms with van der Waals surface area (Å²) in [7, 11) is 1.58. The molecule has 1 heterocycles. The van der Waals surface area contributed by atoms with Crippen LogP contribution in [0.15, 0.2) is 27.8 Å². The van der Waals surface area contributed by atoms with Crippen LogP contribution < -0.4 is 16.0 Å². The lowest BCUT2D eigenvalue weighted by Gasteiger charge is -2.57. The topological polar surface area (TPSA) is 118 Å². The molecule has 0 unspecified atom stereocenters. The Bertz CT molecular complexity index is 1160. The number of hydrogen-bond donors (Lipinski definition) is 2. The van der Waals surface area contributed by atoms with Crippen molar-refractivity contribution in [1.29, 1.82) is 0 Å². The van der Waals surface area contributed by atoms with Gasteiger partial charge in [-0.15, -0.1) is 0 Å². The second kappa shape index (κ2) is 7.21. The van der Waals surface area contributed by atoms with Gasteiger partial charge in [0.15, 0.2) is 0 Å². The van der Waals surface area contributed by atoms with Gasteiger partial charge in [-0.2, -0.15) is 0 Å². The highest BCUT2D eigenvalue weighted by Gasteiger charge is 2.51. The second-order valence-electron chi connectivity index (χ2n) is 9.42. The molecule has 0 amide bonds. The molecule has 1 aromatic heterocycles. The van der Waals surface area contributed by atoms with E-state index in [0.29, 0.717) is 5.75 Å². The van der Waals surface area contributed by atoms with Crippen molar-refractivity contribution in [2.75, 3.05) is 7.11 Å². The van der Waals surface area contributed by atoms with Crippen LogP contribution in [-0.2, 0) is 5.41 Å². The zero-order chi connectivity index (χ0) is 21.8. The van der Waals surface area contributed by atoms with Crippen molar-refractivity contribution in [1.82, 2.24) is 9.97 Å². The first-order valence-corrected chi connectivity index (χ1v) is 10.7. The van der Waals surface area contributed by atoms with E-state index in [1.54, 1.807) is 13.2 Å². The molecule has 162 valence electrons. The van der Waals surface area contributed by atoms with Gasteiger partial charge in [0.1, 0.15) is 11.4 Å². The fourth-order valence-corrected chi connectivity index (χ4v) is 6.63. The number of nitrogens with one attached hydrogen (secondary N) is 2. The van der Waals surface area contributed by atoms with E-state index < -0.39 is 21.9 Å². The van der Waals surface area contributed by atoms with Gasteiger partial charge in [0, 0.05) is 5.56 Å². The smallest absolute Gasteiger partial charge is 0.357 e. The fourth-order valence-electron chi connectivity index (χ4n) is 6.63. The summed E-state index contributed by atoms with van der Waals surface area (Å²) in [5.74, 6) is 3.09. The van der Waals surface area contributed by atoms with E-state index in [4.69, 9.17) is 4.74 Å². The van der Waals surface area contributed by atoms with Crippen LogP contribution in [0.4, 0.5) is 5.69 Å². The first-order valence-electron chi connectivity index (χ1n) is 10.7. The molecule has 1 aromatic carbocycles. The third-order valence-corrected chi connectivity index (χ3v) is 7.44. The molecule has 4 aliphatic rings. The molecule has 2 aromatic rings. The number of ether oxygens (including phenoxy) is 1. The molecule has 2 N–H and O–H groups in total. The summed E-state index contributed by atoms with van der Waals surface area (Å²) >= 11 is 0. The molecular formula is C23H25N3O5. The van der Waals surface area contributed by atoms with E-state index in [-0.39, 0.29) is 11.1 Å². The molecule has 0 radical (unpaired) electrons. The number of nitrogens with zero attached hydrogens (tertiary/aromatic N) is 1. The summed E-state index contributed by atoms with van der Waals surface area (Å²) in [5.41, 5.74) is -0.374. The monoisotopic (exact) mass is 423 g/mol. The zero-order valence-corrected chi connectivity index (χ0v) is 17.3.